The van der Waals surface area contributed by atoms with Gasteiger partial charge in [-0.1, -0.05) is 78.9 Å². The summed E-state index contributed by atoms with van der Waals surface area (Å²) in [5.41, 5.74) is 9.94. The van der Waals surface area contributed by atoms with Crippen molar-refractivity contribution in [2.24, 2.45) is 10.5 Å². The van der Waals surface area contributed by atoms with Gasteiger partial charge in [-0.2, -0.15) is 5.10 Å². The lowest BCUT2D eigenvalue weighted by molar-refractivity contribution is -0.128. The molecule has 1 saturated heterocycles. The molecule has 3 aliphatic rings. The molecule has 2 heterocycles. The Hall–Kier alpha value is -3.24. The Balaban J connectivity index is 1.35. The van der Waals surface area contributed by atoms with E-state index in [1.165, 1.54) is 22.3 Å². The van der Waals surface area contributed by atoms with Crippen LogP contribution >= 0.6 is 0 Å². The predicted octanol–water partition coefficient (Wildman–Crippen LogP) is 4.49. The van der Waals surface area contributed by atoms with Crippen LogP contribution in [0.4, 0.5) is 0 Å². The van der Waals surface area contributed by atoms with Crippen LogP contribution in [0.25, 0.3) is 0 Å². The summed E-state index contributed by atoms with van der Waals surface area (Å²) in [6.45, 7) is 1.74. The van der Waals surface area contributed by atoms with Gasteiger partial charge < -0.3 is 0 Å². The van der Waals surface area contributed by atoms with E-state index in [9.17, 15) is 4.79 Å². The quantitative estimate of drug-likeness (QED) is 0.663. The van der Waals surface area contributed by atoms with Crippen LogP contribution < -0.4 is 5.43 Å². The van der Waals surface area contributed by atoms with E-state index in [1.807, 2.05) is 18.2 Å². The highest BCUT2D eigenvalue weighted by atomic mass is 16.2. The minimum Gasteiger partial charge on any atom is -0.292 e. The SMILES string of the molecule is O=C1NN=C(c2ccccc2)C12CCN(C1c3ccccc3CCc3ccccc31)CC2. The van der Waals surface area contributed by atoms with E-state index in [2.05, 4.69) is 76.1 Å². The van der Waals surface area contributed by atoms with Crippen molar-refractivity contribution < 1.29 is 4.79 Å². The van der Waals surface area contributed by atoms with Crippen LogP contribution in [0.2, 0.25) is 0 Å². The first-order chi connectivity index (χ1) is 15.8. The molecule has 160 valence electrons. The molecule has 3 aromatic rings. The number of hydrogen-bond acceptors (Lipinski definition) is 3. The number of fused-ring (bicyclic) bond motifs is 2. The standard InChI is InChI=1S/C28H27N3O/c32-27-28(26(29-30-27)22-10-2-1-3-11-22)16-18-31(19-17-28)25-23-12-6-4-8-20(23)14-15-21-9-5-7-13-24(21)25/h1-13,25H,14-19H2,(H,30,32). The highest BCUT2D eigenvalue weighted by Gasteiger charge is 2.50. The molecule has 1 aliphatic carbocycles. The van der Waals surface area contributed by atoms with Crippen molar-refractivity contribution in [1.29, 1.82) is 0 Å². The molecule has 4 heteroatoms. The van der Waals surface area contributed by atoms with E-state index >= 15 is 0 Å². The van der Waals surface area contributed by atoms with Gasteiger partial charge >= 0.3 is 0 Å². The van der Waals surface area contributed by atoms with Crippen molar-refractivity contribution in [2.45, 2.75) is 31.7 Å². The second-order valence-corrected chi connectivity index (χ2v) is 9.19. The summed E-state index contributed by atoms with van der Waals surface area (Å²) in [7, 11) is 0. The van der Waals surface area contributed by atoms with E-state index in [0.717, 1.165) is 50.0 Å². The van der Waals surface area contributed by atoms with Crippen molar-refractivity contribution in [3.05, 3.63) is 107 Å². The van der Waals surface area contributed by atoms with E-state index in [-0.39, 0.29) is 11.9 Å². The van der Waals surface area contributed by atoms with Gasteiger partial charge in [-0.25, -0.2) is 5.43 Å². The number of nitrogens with one attached hydrogen (secondary N) is 1. The number of amides is 1. The number of carbonyl (C=O) groups is 1. The van der Waals surface area contributed by atoms with Crippen LogP contribution in [0, 0.1) is 5.41 Å². The molecule has 0 aromatic heterocycles. The average molecular weight is 422 g/mol. The highest BCUT2D eigenvalue weighted by Crippen LogP contribution is 2.43. The lowest BCUT2D eigenvalue weighted by atomic mass is 9.71. The minimum atomic E-state index is -0.526. The van der Waals surface area contributed by atoms with Gasteiger partial charge in [0.15, 0.2) is 0 Å². The number of aryl methyl sites for hydroxylation is 2. The van der Waals surface area contributed by atoms with Gasteiger partial charge in [0, 0.05) is 13.1 Å². The van der Waals surface area contributed by atoms with Gasteiger partial charge in [-0.05, 0) is 53.5 Å². The number of rotatable bonds is 2. The van der Waals surface area contributed by atoms with Crippen LogP contribution in [-0.2, 0) is 17.6 Å². The number of piperidine rings is 1. The van der Waals surface area contributed by atoms with Crippen LogP contribution in [0.3, 0.4) is 0 Å². The third-order valence-corrected chi connectivity index (χ3v) is 7.58. The number of carbonyl (C=O) groups excluding carboxylic acids is 1. The Morgan fingerprint density at radius 1 is 0.781 bits per heavy atom. The number of hydrogen-bond donors (Lipinski definition) is 1. The summed E-state index contributed by atoms with van der Waals surface area (Å²) in [5, 5.41) is 4.49. The molecule has 1 fully saturated rings. The van der Waals surface area contributed by atoms with Gasteiger partial charge in [-0.15, -0.1) is 0 Å². The average Bonchev–Trinajstić information content (AvgIpc) is 3.06. The molecule has 6 rings (SSSR count). The molecule has 0 saturated carbocycles. The maximum Gasteiger partial charge on any atom is 0.252 e. The smallest absolute Gasteiger partial charge is 0.252 e. The predicted molar refractivity (Wildman–Crippen MR) is 126 cm³/mol. The fourth-order valence-corrected chi connectivity index (χ4v) is 5.88. The number of nitrogens with zero attached hydrogens (tertiary/aromatic N) is 2. The lowest BCUT2D eigenvalue weighted by Gasteiger charge is -2.42. The van der Waals surface area contributed by atoms with Gasteiger partial charge in [0.25, 0.3) is 5.91 Å². The molecule has 3 aromatic carbocycles. The molecule has 0 atom stereocenters. The van der Waals surface area contributed by atoms with Crippen molar-refractivity contribution in [3.63, 3.8) is 0 Å². The van der Waals surface area contributed by atoms with Crippen LogP contribution in [0.1, 0.15) is 46.7 Å². The molecular weight excluding hydrogens is 394 g/mol. The van der Waals surface area contributed by atoms with E-state index in [1.54, 1.807) is 0 Å². The zero-order valence-corrected chi connectivity index (χ0v) is 18.1. The molecule has 4 nitrogen and oxygen atoms in total. The molecule has 32 heavy (non-hydrogen) atoms. The third-order valence-electron chi connectivity index (χ3n) is 7.58. The first-order valence-electron chi connectivity index (χ1n) is 11.6. The molecule has 0 unspecified atom stereocenters. The summed E-state index contributed by atoms with van der Waals surface area (Å²) < 4.78 is 0. The topological polar surface area (TPSA) is 44.7 Å². The van der Waals surface area contributed by atoms with Crippen molar-refractivity contribution in [2.75, 3.05) is 13.1 Å². The summed E-state index contributed by atoms with van der Waals surface area (Å²) >= 11 is 0. The summed E-state index contributed by atoms with van der Waals surface area (Å²) in [6, 6.07) is 28.2. The van der Waals surface area contributed by atoms with Crippen molar-refractivity contribution >= 4 is 11.6 Å². The fourth-order valence-electron chi connectivity index (χ4n) is 5.88. The second-order valence-electron chi connectivity index (χ2n) is 9.19. The van der Waals surface area contributed by atoms with Gasteiger partial charge in [-0.3, -0.25) is 9.69 Å². The van der Waals surface area contributed by atoms with Crippen LogP contribution in [0.5, 0.6) is 0 Å². The zero-order chi connectivity index (χ0) is 21.5. The summed E-state index contributed by atoms with van der Waals surface area (Å²) in [5.74, 6) is 0.0534. The second kappa shape index (κ2) is 7.72. The Morgan fingerprint density at radius 2 is 1.34 bits per heavy atom. The molecule has 2 aliphatic heterocycles. The first kappa shape index (κ1) is 19.4. The molecule has 0 bridgehead atoms. The van der Waals surface area contributed by atoms with Gasteiger partial charge in [0.05, 0.1) is 17.2 Å². The largest absolute Gasteiger partial charge is 0.292 e. The molecule has 1 amide bonds. The first-order valence-corrected chi connectivity index (χ1v) is 11.6. The minimum absolute atomic E-state index is 0.0534. The normalized spacial score (nSPS) is 20.2. The maximum atomic E-state index is 13.0. The van der Waals surface area contributed by atoms with E-state index < -0.39 is 5.41 Å². The number of likely N-dealkylation sites (tertiary alicyclic amines) is 1. The maximum absolute atomic E-state index is 13.0. The lowest BCUT2D eigenvalue weighted by Crippen LogP contribution is -2.49. The number of hydrazone groups is 1. The number of benzene rings is 3. The zero-order valence-electron chi connectivity index (χ0n) is 18.1. The monoisotopic (exact) mass is 421 g/mol. The van der Waals surface area contributed by atoms with Gasteiger partial charge in [0.1, 0.15) is 0 Å². The Kier molecular flexibility index (Phi) is 4.69. The summed E-state index contributed by atoms with van der Waals surface area (Å²) in [6.07, 6.45) is 3.73. The van der Waals surface area contributed by atoms with Gasteiger partial charge in [0.2, 0.25) is 0 Å². The van der Waals surface area contributed by atoms with Crippen molar-refractivity contribution in [1.82, 2.24) is 10.3 Å². The Morgan fingerprint density at radius 3 is 1.97 bits per heavy atom. The molecule has 1 spiro atoms. The Labute approximate surface area is 189 Å². The third kappa shape index (κ3) is 3.01. The van der Waals surface area contributed by atoms with Crippen LogP contribution in [0.15, 0.2) is 84.0 Å². The molecule has 1 N–H and O–H groups in total. The van der Waals surface area contributed by atoms with E-state index in [0.29, 0.717) is 0 Å². The molecular formula is C28H27N3O. The fraction of sp³-hybridized carbons (Fsp3) is 0.286. The van der Waals surface area contributed by atoms with Crippen molar-refractivity contribution in [3.8, 4) is 0 Å². The van der Waals surface area contributed by atoms with Crippen LogP contribution in [-0.4, -0.2) is 29.6 Å². The molecule has 0 radical (unpaired) electrons. The highest BCUT2D eigenvalue weighted by molar-refractivity contribution is 6.19. The summed E-state index contributed by atoms with van der Waals surface area (Å²) in [4.78, 5) is 15.6. The Bertz CT molecular complexity index is 1140. The van der Waals surface area contributed by atoms with E-state index in [4.69, 9.17) is 0 Å².